The molecule has 0 aliphatic carbocycles. The fourth-order valence-electron chi connectivity index (χ4n) is 2.42. The Morgan fingerprint density at radius 2 is 1.58 bits per heavy atom. The Labute approximate surface area is 122 Å². The zero-order valence-corrected chi connectivity index (χ0v) is 13.7. The SMILES string of the molecule is CC(N)C(c1ccc(Cl)cc1)N(C)C(C)C(C)(C)C. The van der Waals surface area contributed by atoms with Crippen molar-refractivity contribution in [2.45, 2.75) is 52.7 Å². The molecule has 1 rings (SSSR count). The number of rotatable bonds is 4. The number of nitrogens with two attached hydrogens (primary N) is 1. The Bertz CT molecular complexity index is 392. The molecule has 2 nitrogen and oxygen atoms in total. The molecule has 0 aliphatic heterocycles. The molecule has 0 heterocycles. The minimum atomic E-state index is 0.0657. The van der Waals surface area contributed by atoms with Gasteiger partial charge in [0, 0.05) is 23.1 Å². The molecule has 0 bridgehead atoms. The minimum Gasteiger partial charge on any atom is -0.326 e. The van der Waals surface area contributed by atoms with Crippen LogP contribution in [-0.4, -0.2) is 24.0 Å². The van der Waals surface area contributed by atoms with E-state index in [4.69, 9.17) is 17.3 Å². The maximum atomic E-state index is 6.21. The van der Waals surface area contributed by atoms with Crippen molar-refractivity contribution in [2.75, 3.05) is 7.05 Å². The zero-order valence-electron chi connectivity index (χ0n) is 12.9. The second-order valence-corrected chi connectivity index (χ2v) is 7.00. The molecule has 3 atom stereocenters. The highest BCUT2D eigenvalue weighted by atomic mass is 35.5. The van der Waals surface area contributed by atoms with Gasteiger partial charge in [0.25, 0.3) is 0 Å². The van der Waals surface area contributed by atoms with Crippen molar-refractivity contribution in [3.63, 3.8) is 0 Å². The molecule has 0 aliphatic rings. The van der Waals surface area contributed by atoms with E-state index in [2.05, 4.69) is 58.7 Å². The molecular weight excluding hydrogens is 256 g/mol. The lowest BCUT2D eigenvalue weighted by Crippen LogP contribution is -2.46. The molecular formula is C16H27ClN2. The number of hydrogen-bond donors (Lipinski definition) is 1. The first-order valence-electron chi connectivity index (χ1n) is 6.87. The third-order valence-electron chi connectivity index (χ3n) is 4.01. The molecule has 0 fully saturated rings. The fraction of sp³-hybridized carbons (Fsp3) is 0.625. The maximum Gasteiger partial charge on any atom is 0.0496 e. The first kappa shape index (κ1) is 16.5. The lowest BCUT2D eigenvalue weighted by molar-refractivity contribution is 0.0867. The maximum absolute atomic E-state index is 6.21. The van der Waals surface area contributed by atoms with Crippen LogP contribution in [0.15, 0.2) is 24.3 Å². The molecule has 0 amide bonds. The van der Waals surface area contributed by atoms with Crippen LogP contribution in [0, 0.1) is 5.41 Å². The van der Waals surface area contributed by atoms with Crippen molar-refractivity contribution in [3.8, 4) is 0 Å². The van der Waals surface area contributed by atoms with Crippen LogP contribution in [0.2, 0.25) is 5.02 Å². The van der Waals surface area contributed by atoms with Crippen molar-refractivity contribution in [3.05, 3.63) is 34.9 Å². The lowest BCUT2D eigenvalue weighted by atomic mass is 9.85. The summed E-state index contributed by atoms with van der Waals surface area (Å²) >= 11 is 5.97. The Balaban J connectivity index is 3.04. The van der Waals surface area contributed by atoms with Crippen molar-refractivity contribution in [2.24, 2.45) is 11.1 Å². The molecule has 3 heteroatoms. The van der Waals surface area contributed by atoms with Crippen LogP contribution in [0.4, 0.5) is 0 Å². The van der Waals surface area contributed by atoms with Gasteiger partial charge in [0.1, 0.15) is 0 Å². The summed E-state index contributed by atoms with van der Waals surface area (Å²) in [6.45, 7) is 11.1. The largest absolute Gasteiger partial charge is 0.326 e. The normalized spacial score (nSPS) is 17.3. The van der Waals surface area contributed by atoms with Gasteiger partial charge < -0.3 is 5.73 Å². The summed E-state index contributed by atoms with van der Waals surface area (Å²) in [5, 5.41) is 0.763. The van der Waals surface area contributed by atoms with E-state index in [-0.39, 0.29) is 17.5 Å². The summed E-state index contributed by atoms with van der Waals surface area (Å²) in [5.74, 6) is 0. The Kier molecular flexibility index (Phi) is 5.43. The first-order chi connectivity index (χ1) is 8.64. The van der Waals surface area contributed by atoms with Gasteiger partial charge in [-0.1, -0.05) is 44.5 Å². The average molecular weight is 283 g/mol. The van der Waals surface area contributed by atoms with Crippen LogP contribution in [0.1, 0.15) is 46.2 Å². The summed E-state index contributed by atoms with van der Waals surface area (Å²) < 4.78 is 0. The van der Waals surface area contributed by atoms with Crippen LogP contribution in [0.5, 0.6) is 0 Å². The van der Waals surface area contributed by atoms with E-state index in [0.717, 1.165) is 5.02 Å². The van der Waals surface area contributed by atoms with Crippen molar-refractivity contribution in [1.82, 2.24) is 4.90 Å². The van der Waals surface area contributed by atoms with E-state index < -0.39 is 0 Å². The second-order valence-electron chi connectivity index (χ2n) is 6.56. The van der Waals surface area contributed by atoms with E-state index in [1.807, 2.05) is 12.1 Å². The Hall–Kier alpha value is -0.570. The predicted octanol–water partition coefficient (Wildman–Crippen LogP) is 4.09. The Morgan fingerprint density at radius 1 is 1.11 bits per heavy atom. The second kappa shape index (κ2) is 6.25. The summed E-state index contributed by atoms with van der Waals surface area (Å²) in [6.07, 6.45) is 0. The number of halogens is 1. The summed E-state index contributed by atoms with van der Waals surface area (Å²) in [7, 11) is 2.15. The molecule has 1 aromatic carbocycles. The highest BCUT2D eigenvalue weighted by Gasteiger charge is 2.31. The fourth-order valence-corrected chi connectivity index (χ4v) is 2.55. The van der Waals surface area contributed by atoms with Crippen LogP contribution in [-0.2, 0) is 0 Å². The molecule has 19 heavy (non-hydrogen) atoms. The third kappa shape index (κ3) is 4.20. The summed E-state index contributed by atoms with van der Waals surface area (Å²) in [6, 6.07) is 8.70. The molecule has 108 valence electrons. The highest BCUT2D eigenvalue weighted by molar-refractivity contribution is 6.30. The zero-order chi connectivity index (χ0) is 14.8. The summed E-state index contributed by atoms with van der Waals surface area (Å²) in [4.78, 5) is 2.37. The van der Waals surface area contributed by atoms with Crippen LogP contribution in [0.25, 0.3) is 0 Å². The molecule has 2 N–H and O–H groups in total. The van der Waals surface area contributed by atoms with E-state index in [0.29, 0.717) is 6.04 Å². The number of benzene rings is 1. The number of nitrogens with zero attached hydrogens (tertiary/aromatic N) is 1. The van der Waals surface area contributed by atoms with Gasteiger partial charge in [0.05, 0.1) is 0 Å². The highest BCUT2D eigenvalue weighted by Crippen LogP contribution is 2.31. The molecule has 1 aromatic rings. The summed E-state index contributed by atoms with van der Waals surface area (Å²) in [5.41, 5.74) is 7.65. The molecule has 0 saturated heterocycles. The first-order valence-corrected chi connectivity index (χ1v) is 7.25. The Morgan fingerprint density at radius 3 is 1.95 bits per heavy atom. The van der Waals surface area contributed by atoms with Gasteiger partial charge in [-0.25, -0.2) is 0 Å². The smallest absolute Gasteiger partial charge is 0.0496 e. The number of hydrogen-bond acceptors (Lipinski definition) is 2. The van der Waals surface area contributed by atoms with Gasteiger partial charge in [-0.3, -0.25) is 4.90 Å². The van der Waals surface area contributed by atoms with E-state index >= 15 is 0 Å². The standard InChI is InChI=1S/C16H27ClN2/c1-11(18)15(13-7-9-14(17)10-8-13)19(6)12(2)16(3,4)5/h7-12,15H,18H2,1-6H3. The molecule has 0 spiro atoms. The average Bonchev–Trinajstić information content (AvgIpc) is 2.29. The molecule has 0 radical (unpaired) electrons. The van der Waals surface area contributed by atoms with E-state index in [1.165, 1.54) is 5.56 Å². The quantitative estimate of drug-likeness (QED) is 0.901. The van der Waals surface area contributed by atoms with Crippen LogP contribution < -0.4 is 5.73 Å². The van der Waals surface area contributed by atoms with Crippen LogP contribution >= 0.6 is 11.6 Å². The van der Waals surface area contributed by atoms with E-state index in [1.54, 1.807) is 0 Å². The molecule has 0 saturated carbocycles. The predicted molar refractivity (Wildman–Crippen MR) is 84.5 cm³/mol. The monoisotopic (exact) mass is 282 g/mol. The van der Waals surface area contributed by atoms with Gasteiger partial charge in [-0.2, -0.15) is 0 Å². The topological polar surface area (TPSA) is 29.3 Å². The molecule has 0 aromatic heterocycles. The van der Waals surface area contributed by atoms with Gasteiger partial charge in [0.2, 0.25) is 0 Å². The van der Waals surface area contributed by atoms with Crippen LogP contribution in [0.3, 0.4) is 0 Å². The lowest BCUT2D eigenvalue weighted by Gasteiger charge is -2.42. The van der Waals surface area contributed by atoms with Crippen molar-refractivity contribution in [1.29, 1.82) is 0 Å². The van der Waals surface area contributed by atoms with Crippen molar-refractivity contribution < 1.29 is 0 Å². The van der Waals surface area contributed by atoms with E-state index in [9.17, 15) is 0 Å². The van der Waals surface area contributed by atoms with Gasteiger partial charge in [0.15, 0.2) is 0 Å². The third-order valence-corrected chi connectivity index (χ3v) is 4.26. The molecule has 3 unspecified atom stereocenters. The van der Waals surface area contributed by atoms with Gasteiger partial charge >= 0.3 is 0 Å². The van der Waals surface area contributed by atoms with Gasteiger partial charge in [-0.05, 0) is 44.0 Å². The number of likely N-dealkylation sites (N-methyl/N-ethyl adjacent to an activating group) is 1. The van der Waals surface area contributed by atoms with Crippen molar-refractivity contribution >= 4 is 11.6 Å². The minimum absolute atomic E-state index is 0.0657. The van der Waals surface area contributed by atoms with Gasteiger partial charge in [-0.15, -0.1) is 0 Å².